The largest absolute Gasteiger partial charge is 0.465 e. The number of esters is 1. The Morgan fingerprint density at radius 2 is 2.14 bits per heavy atom. The molecule has 4 heteroatoms. The maximum absolute atomic E-state index is 11.6. The minimum atomic E-state index is -0.241. The van der Waals surface area contributed by atoms with Crippen molar-refractivity contribution >= 4 is 5.97 Å². The summed E-state index contributed by atoms with van der Waals surface area (Å²) in [6, 6.07) is 7.24. The summed E-state index contributed by atoms with van der Waals surface area (Å²) in [7, 11) is 5.77. The SMILES string of the molecule is COC(=O)c1ccc2c(c1)CCC2N1CCC(N(C)C)C1. The Morgan fingerprint density at radius 1 is 1.33 bits per heavy atom. The minimum Gasteiger partial charge on any atom is -0.465 e. The molecule has 1 aliphatic heterocycles. The number of hydrogen-bond acceptors (Lipinski definition) is 4. The van der Waals surface area contributed by atoms with Crippen molar-refractivity contribution < 1.29 is 9.53 Å². The van der Waals surface area contributed by atoms with Crippen molar-refractivity contribution in [3.63, 3.8) is 0 Å². The molecule has 4 nitrogen and oxygen atoms in total. The van der Waals surface area contributed by atoms with Crippen molar-refractivity contribution in [2.45, 2.75) is 31.3 Å². The van der Waals surface area contributed by atoms with E-state index in [4.69, 9.17) is 4.74 Å². The molecule has 0 amide bonds. The number of benzene rings is 1. The Hall–Kier alpha value is -1.39. The van der Waals surface area contributed by atoms with Gasteiger partial charge >= 0.3 is 5.97 Å². The van der Waals surface area contributed by atoms with E-state index in [2.05, 4.69) is 30.0 Å². The number of methoxy groups -OCH3 is 1. The fourth-order valence-corrected chi connectivity index (χ4v) is 3.69. The highest BCUT2D eigenvalue weighted by Crippen LogP contribution is 2.38. The normalized spacial score (nSPS) is 25.3. The first kappa shape index (κ1) is 14.5. The van der Waals surface area contributed by atoms with Crippen molar-refractivity contribution in [3.05, 3.63) is 34.9 Å². The molecule has 2 aliphatic rings. The van der Waals surface area contributed by atoms with Crippen LogP contribution in [0.15, 0.2) is 18.2 Å². The Bertz CT molecular complexity index is 542. The lowest BCUT2D eigenvalue weighted by molar-refractivity contribution is 0.0600. The summed E-state index contributed by atoms with van der Waals surface area (Å²) in [4.78, 5) is 16.6. The molecule has 1 aromatic carbocycles. The van der Waals surface area contributed by atoms with Crippen LogP contribution in [0, 0.1) is 0 Å². The number of hydrogen-bond donors (Lipinski definition) is 0. The molecule has 1 aliphatic carbocycles. The number of carbonyl (C=O) groups excluding carboxylic acids is 1. The molecule has 2 unspecified atom stereocenters. The molecule has 21 heavy (non-hydrogen) atoms. The zero-order chi connectivity index (χ0) is 15.0. The van der Waals surface area contributed by atoms with Gasteiger partial charge < -0.3 is 9.64 Å². The van der Waals surface area contributed by atoms with Gasteiger partial charge in [0.1, 0.15) is 0 Å². The van der Waals surface area contributed by atoms with Gasteiger partial charge in [0.25, 0.3) is 0 Å². The van der Waals surface area contributed by atoms with Crippen LogP contribution in [-0.2, 0) is 11.2 Å². The maximum Gasteiger partial charge on any atom is 0.337 e. The van der Waals surface area contributed by atoms with E-state index < -0.39 is 0 Å². The van der Waals surface area contributed by atoms with Crippen LogP contribution >= 0.6 is 0 Å². The molecule has 1 saturated heterocycles. The van der Waals surface area contributed by atoms with Crippen molar-refractivity contribution in [3.8, 4) is 0 Å². The molecule has 0 radical (unpaired) electrons. The highest BCUT2D eigenvalue weighted by Gasteiger charge is 2.33. The smallest absolute Gasteiger partial charge is 0.337 e. The van der Waals surface area contributed by atoms with E-state index in [1.807, 2.05) is 12.1 Å². The van der Waals surface area contributed by atoms with Crippen molar-refractivity contribution in [1.29, 1.82) is 0 Å². The number of likely N-dealkylation sites (N-methyl/N-ethyl adjacent to an activating group) is 1. The molecule has 0 aromatic heterocycles. The lowest BCUT2D eigenvalue weighted by Crippen LogP contribution is -2.32. The van der Waals surface area contributed by atoms with E-state index >= 15 is 0 Å². The van der Waals surface area contributed by atoms with E-state index in [9.17, 15) is 4.79 Å². The molecule has 1 aromatic rings. The fraction of sp³-hybridized carbons (Fsp3) is 0.588. The summed E-state index contributed by atoms with van der Waals surface area (Å²) in [6.07, 6.45) is 3.48. The molecule has 114 valence electrons. The molecule has 1 fully saturated rings. The van der Waals surface area contributed by atoms with Crippen LogP contribution in [-0.4, -0.2) is 56.1 Å². The number of ether oxygens (including phenoxy) is 1. The first-order valence-electron chi connectivity index (χ1n) is 7.71. The third-order valence-electron chi connectivity index (χ3n) is 4.98. The lowest BCUT2D eigenvalue weighted by atomic mass is 10.0. The van der Waals surface area contributed by atoms with E-state index in [1.54, 1.807) is 0 Å². The van der Waals surface area contributed by atoms with Crippen LogP contribution in [0.4, 0.5) is 0 Å². The number of nitrogens with zero attached hydrogens (tertiary/aromatic N) is 2. The summed E-state index contributed by atoms with van der Waals surface area (Å²) < 4.78 is 4.81. The van der Waals surface area contributed by atoms with E-state index in [-0.39, 0.29) is 5.97 Å². The Kier molecular flexibility index (Phi) is 4.00. The van der Waals surface area contributed by atoms with Crippen LogP contribution in [0.25, 0.3) is 0 Å². The second kappa shape index (κ2) is 5.78. The highest BCUT2D eigenvalue weighted by atomic mass is 16.5. The van der Waals surface area contributed by atoms with Gasteiger partial charge in [-0.15, -0.1) is 0 Å². The average Bonchev–Trinajstić information content (AvgIpc) is 3.11. The van der Waals surface area contributed by atoms with E-state index in [0.29, 0.717) is 17.6 Å². The van der Waals surface area contributed by atoms with Gasteiger partial charge in [0, 0.05) is 25.2 Å². The third-order valence-corrected chi connectivity index (χ3v) is 4.98. The summed E-state index contributed by atoms with van der Waals surface area (Å²) in [5.74, 6) is -0.241. The Morgan fingerprint density at radius 3 is 2.81 bits per heavy atom. The van der Waals surface area contributed by atoms with Gasteiger partial charge in [-0.2, -0.15) is 0 Å². The predicted octanol–water partition coefficient (Wildman–Crippen LogP) is 2.10. The monoisotopic (exact) mass is 288 g/mol. The topological polar surface area (TPSA) is 32.8 Å². The molecule has 2 atom stereocenters. The fourth-order valence-electron chi connectivity index (χ4n) is 3.69. The third kappa shape index (κ3) is 2.70. The first-order chi connectivity index (χ1) is 10.1. The van der Waals surface area contributed by atoms with Gasteiger partial charge in [-0.25, -0.2) is 4.79 Å². The molecule has 3 rings (SSSR count). The van der Waals surface area contributed by atoms with E-state index in [0.717, 1.165) is 13.0 Å². The van der Waals surface area contributed by atoms with Gasteiger partial charge in [-0.3, -0.25) is 4.90 Å². The molecule has 1 heterocycles. The lowest BCUT2D eigenvalue weighted by Gasteiger charge is -2.26. The number of likely N-dealkylation sites (tertiary alicyclic amines) is 1. The zero-order valence-electron chi connectivity index (χ0n) is 13.1. The Balaban J connectivity index is 1.77. The quantitative estimate of drug-likeness (QED) is 0.797. The van der Waals surface area contributed by atoms with Gasteiger partial charge in [0.05, 0.1) is 12.7 Å². The number of rotatable bonds is 3. The maximum atomic E-state index is 11.6. The average molecular weight is 288 g/mol. The number of carbonyl (C=O) groups is 1. The van der Waals surface area contributed by atoms with E-state index in [1.165, 1.54) is 37.6 Å². The van der Waals surface area contributed by atoms with Gasteiger partial charge in [0.2, 0.25) is 0 Å². The van der Waals surface area contributed by atoms with Crippen molar-refractivity contribution in [2.24, 2.45) is 0 Å². The highest BCUT2D eigenvalue weighted by molar-refractivity contribution is 5.89. The van der Waals surface area contributed by atoms with Gasteiger partial charge in [-0.05, 0) is 56.6 Å². The summed E-state index contributed by atoms with van der Waals surface area (Å²) in [5, 5.41) is 0. The van der Waals surface area contributed by atoms with Gasteiger partial charge in [-0.1, -0.05) is 6.07 Å². The second-order valence-electron chi connectivity index (χ2n) is 6.36. The molecule has 0 spiro atoms. The zero-order valence-corrected chi connectivity index (χ0v) is 13.1. The number of fused-ring (bicyclic) bond motifs is 1. The first-order valence-corrected chi connectivity index (χ1v) is 7.71. The standard InChI is InChI=1S/C17H24N2O2/c1-18(2)14-8-9-19(11-14)16-7-5-12-10-13(17(20)21-3)4-6-15(12)16/h4,6,10,14,16H,5,7-9,11H2,1-3H3. The Labute approximate surface area is 126 Å². The predicted molar refractivity (Wildman–Crippen MR) is 82.5 cm³/mol. The van der Waals surface area contributed by atoms with Crippen molar-refractivity contribution in [2.75, 3.05) is 34.3 Å². The van der Waals surface area contributed by atoms with Crippen LogP contribution in [0.3, 0.4) is 0 Å². The molecular weight excluding hydrogens is 264 g/mol. The van der Waals surface area contributed by atoms with Gasteiger partial charge in [0.15, 0.2) is 0 Å². The summed E-state index contributed by atoms with van der Waals surface area (Å²) in [6.45, 7) is 2.32. The molecule has 0 N–H and O–H groups in total. The molecule has 0 saturated carbocycles. The molecular formula is C17H24N2O2. The van der Waals surface area contributed by atoms with Crippen LogP contribution in [0.1, 0.15) is 40.4 Å². The molecule has 0 bridgehead atoms. The second-order valence-corrected chi connectivity index (χ2v) is 6.36. The van der Waals surface area contributed by atoms with Crippen LogP contribution in [0.2, 0.25) is 0 Å². The minimum absolute atomic E-state index is 0.241. The van der Waals surface area contributed by atoms with Crippen LogP contribution < -0.4 is 0 Å². The summed E-state index contributed by atoms with van der Waals surface area (Å²) in [5.41, 5.74) is 3.39. The number of aryl methyl sites for hydroxylation is 1. The van der Waals surface area contributed by atoms with Crippen molar-refractivity contribution in [1.82, 2.24) is 9.80 Å². The summed E-state index contributed by atoms with van der Waals surface area (Å²) >= 11 is 0. The van der Waals surface area contributed by atoms with Crippen LogP contribution in [0.5, 0.6) is 0 Å².